The largest absolute Gasteiger partial charge is 0.353 e. The third-order valence-corrected chi connectivity index (χ3v) is 5.43. The molecule has 1 heterocycles. The lowest BCUT2D eigenvalue weighted by Gasteiger charge is -2.13. The third-order valence-electron chi connectivity index (χ3n) is 4.45. The minimum absolute atomic E-state index is 0.0418. The Morgan fingerprint density at radius 3 is 2.58 bits per heavy atom. The molecule has 0 saturated heterocycles. The Kier molecular flexibility index (Phi) is 5.61. The molecule has 0 radical (unpaired) electrons. The zero-order valence-electron chi connectivity index (χ0n) is 15.3. The molecule has 0 aliphatic rings. The second-order valence-corrected chi connectivity index (χ2v) is 7.27. The van der Waals surface area contributed by atoms with Crippen LogP contribution in [0.1, 0.15) is 27.2 Å². The average Bonchev–Trinajstić information content (AvgIpc) is 2.65. The standard InChI is InChI=1S/C20H23N3O2S/c1-4-13(3)21-18(24)12-26-20-22-17-11-15-9-7-6-8-14(15)10-16(17)19(25)23(20)5-2/h6-11,13H,4-5,12H2,1-3H3,(H,21,24)/t13-/m1/s1. The van der Waals surface area contributed by atoms with Crippen LogP contribution in [0.2, 0.25) is 0 Å². The molecule has 0 aliphatic heterocycles. The molecular weight excluding hydrogens is 346 g/mol. The average molecular weight is 369 g/mol. The Labute approximate surface area is 156 Å². The molecule has 6 heteroatoms. The molecule has 26 heavy (non-hydrogen) atoms. The highest BCUT2D eigenvalue weighted by Gasteiger charge is 2.14. The first-order valence-electron chi connectivity index (χ1n) is 8.89. The molecule has 0 saturated carbocycles. The zero-order valence-corrected chi connectivity index (χ0v) is 16.1. The SMILES string of the molecule is CC[C@@H](C)NC(=O)CSc1nc2cc3ccccc3cc2c(=O)n1CC. The Bertz CT molecular complexity index is 1010. The highest BCUT2D eigenvalue weighted by molar-refractivity contribution is 7.99. The molecule has 0 fully saturated rings. The summed E-state index contributed by atoms with van der Waals surface area (Å²) in [6.45, 7) is 6.44. The van der Waals surface area contributed by atoms with Crippen molar-refractivity contribution in [3.05, 3.63) is 46.8 Å². The van der Waals surface area contributed by atoms with Gasteiger partial charge in [-0.15, -0.1) is 0 Å². The van der Waals surface area contributed by atoms with Crippen molar-refractivity contribution in [2.24, 2.45) is 0 Å². The summed E-state index contributed by atoms with van der Waals surface area (Å²) in [5.74, 6) is 0.204. The molecule has 0 spiro atoms. The van der Waals surface area contributed by atoms with Crippen LogP contribution in [0.3, 0.4) is 0 Å². The van der Waals surface area contributed by atoms with E-state index in [1.54, 1.807) is 4.57 Å². The van der Waals surface area contributed by atoms with Gasteiger partial charge >= 0.3 is 0 Å². The molecule has 2 aromatic carbocycles. The van der Waals surface area contributed by atoms with E-state index in [2.05, 4.69) is 10.3 Å². The van der Waals surface area contributed by atoms with Crippen molar-refractivity contribution in [2.45, 2.75) is 44.9 Å². The second kappa shape index (κ2) is 7.91. The van der Waals surface area contributed by atoms with E-state index < -0.39 is 0 Å². The van der Waals surface area contributed by atoms with Gasteiger partial charge in [0.1, 0.15) is 0 Å². The topological polar surface area (TPSA) is 64.0 Å². The Balaban J connectivity index is 1.98. The van der Waals surface area contributed by atoms with Crippen LogP contribution in [0.4, 0.5) is 0 Å². The van der Waals surface area contributed by atoms with Crippen LogP contribution in [0.5, 0.6) is 0 Å². The number of rotatable bonds is 6. The first-order chi connectivity index (χ1) is 12.5. The minimum atomic E-state index is -0.0620. The number of aromatic nitrogens is 2. The first kappa shape index (κ1) is 18.5. The zero-order chi connectivity index (χ0) is 18.7. The van der Waals surface area contributed by atoms with Gasteiger partial charge < -0.3 is 5.32 Å². The van der Waals surface area contributed by atoms with E-state index in [0.717, 1.165) is 17.2 Å². The van der Waals surface area contributed by atoms with E-state index >= 15 is 0 Å². The number of nitrogens with zero attached hydrogens (tertiary/aromatic N) is 2. The Morgan fingerprint density at radius 2 is 1.92 bits per heavy atom. The number of fused-ring (bicyclic) bond motifs is 2. The maximum absolute atomic E-state index is 12.9. The van der Waals surface area contributed by atoms with Crippen LogP contribution in [-0.4, -0.2) is 27.3 Å². The van der Waals surface area contributed by atoms with E-state index in [1.165, 1.54) is 11.8 Å². The number of benzene rings is 2. The van der Waals surface area contributed by atoms with E-state index in [0.29, 0.717) is 22.6 Å². The van der Waals surface area contributed by atoms with Crippen molar-refractivity contribution in [1.82, 2.24) is 14.9 Å². The highest BCUT2D eigenvalue weighted by atomic mass is 32.2. The van der Waals surface area contributed by atoms with Gasteiger partial charge in [0.25, 0.3) is 5.56 Å². The van der Waals surface area contributed by atoms with Gasteiger partial charge in [0.05, 0.1) is 16.7 Å². The van der Waals surface area contributed by atoms with Gasteiger partial charge in [-0.3, -0.25) is 14.2 Å². The quantitative estimate of drug-likeness (QED) is 0.410. The normalized spacial score (nSPS) is 12.4. The maximum Gasteiger partial charge on any atom is 0.262 e. The van der Waals surface area contributed by atoms with Crippen molar-refractivity contribution in [2.75, 3.05) is 5.75 Å². The molecule has 0 aliphatic carbocycles. The molecule has 0 bridgehead atoms. The summed E-state index contributed by atoms with van der Waals surface area (Å²) < 4.78 is 1.64. The second-order valence-electron chi connectivity index (χ2n) is 6.33. The van der Waals surface area contributed by atoms with Crippen LogP contribution >= 0.6 is 11.8 Å². The molecule has 1 N–H and O–H groups in total. The van der Waals surface area contributed by atoms with E-state index in [9.17, 15) is 9.59 Å². The number of amides is 1. The monoisotopic (exact) mass is 369 g/mol. The van der Waals surface area contributed by atoms with E-state index in [4.69, 9.17) is 0 Å². The van der Waals surface area contributed by atoms with Crippen LogP contribution < -0.4 is 10.9 Å². The highest BCUT2D eigenvalue weighted by Crippen LogP contribution is 2.22. The molecule has 3 aromatic rings. The van der Waals surface area contributed by atoms with Crippen LogP contribution in [-0.2, 0) is 11.3 Å². The fourth-order valence-corrected chi connectivity index (χ4v) is 3.70. The van der Waals surface area contributed by atoms with Crippen LogP contribution in [0.15, 0.2) is 46.3 Å². The van der Waals surface area contributed by atoms with Crippen molar-refractivity contribution >= 4 is 39.3 Å². The van der Waals surface area contributed by atoms with Gasteiger partial charge in [-0.1, -0.05) is 43.0 Å². The van der Waals surface area contributed by atoms with Crippen molar-refractivity contribution in [1.29, 1.82) is 0 Å². The minimum Gasteiger partial charge on any atom is -0.353 e. The molecule has 3 rings (SSSR count). The number of thioether (sulfide) groups is 1. The fraction of sp³-hybridized carbons (Fsp3) is 0.350. The van der Waals surface area contributed by atoms with Gasteiger partial charge in [-0.2, -0.15) is 0 Å². The maximum atomic E-state index is 12.9. The van der Waals surface area contributed by atoms with Crippen molar-refractivity contribution < 1.29 is 4.79 Å². The van der Waals surface area contributed by atoms with Gasteiger partial charge in [0, 0.05) is 12.6 Å². The van der Waals surface area contributed by atoms with Gasteiger partial charge in [-0.25, -0.2) is 4.98 Å². The lowest BCUT2D eigenvalue weighted by Crippen LogP contribution is -2.33. The van der Waals surface area contributed by atoms with Gasteiger partial charge in [-0.05, 0) is 43.2 Å². The third kappa shape index (κ3) is 3.75. The predicted octanol–water partition coefficient (Wildman–Crippen LogP) is 3.58. The molecule has 0 unspecified atom stereocenters. The number of nitrogens with one attached hydrogen (secondary N) is 1. The van der Waals surface area contributed by atoms with Crippen molar-refractivity contribution in [3.8, 4) is 0 Å². The lowest BCUT2D eigenvalue weighted by molar-refractivity contribution is -0.119. The Hall–Kier alpha value is -2.34. The van der Waals surface area contributed by atoms with E-state index in [-0.39, 0.29) is 23.3 Å². The predicted molar refractivity (Wildman–Crippen MR) is 108 cm³/mol. The first-order valence-corrected chi connectivity index (χ1v) is 9.87. The molecule has 1 aromatic heterocycles. The molecular formula is C20H23N3O2S. The number of carbonyl (C=O) groups is 1. The van der Waals surface area contributed by atoms with Gasteiger partial charge in [0.2, 0.25) is 5.91 Å². The fourth-order valence-electron chi connectivity index (χ4n) is 2.83. The summed E-state index contributed by atoms with van der Waals surface area (Å²) in [6.07, 6.45) is 0.886. The summed E-state index contributed by atoms with van der Waals surface area (Å²) in [5.41, 5.74) is 0.608. The number of hydrogen-bond acceptors (Lipinski definition) is 4. The van der Waals surface area contributed by atoms with E-state index in [1.807, 2.05) is 57.2 Å². The number of carbonyl (C=O) groups excluding carboxylic acids is 1. The number of hydrogen-bond donors (Lipinski definition) is 1. The van der Waals surface area contributed by atoms with Crippen LogP contribution in [0.25, 0.3) is 21.7 Å². The summed E-state index contributed by atoms with van der Waals surface area (Å²) >= 11 is 1.31. The molecule has 1 atom stereocenters. The lowest BCUT2D eigenvalue weighted by atomic mass is 10.1. The summed E-state index contributed by atoms with van der Waals surface area (Å²) in [4.78, 5) is 29.6. The summed E-state index contributed by atoms with van der Waals surface area (Å²) in [7, 11) is 0. The molecule has 5 nitrogen and oxygen atoms in total. The summed E-state index contributed by atoms with van der Waals surface area (Å²) in [6, 6.07) is 11.9. The smallest absolute Gasteiger partial charge is 0.262 e. The summed E-state index contributed by atoms with van der Waals surface area (Å²) in [5, 5.41) is 6.20. The van der Waals surface area contributed by atoms with Crippen LogP contribution in [0, 0.1) is 0 Å². The van der Waals surface area contributed by atoms with Crippen molar-refractivity contribution in [3.63, 3.8) is 0 Å². The molecule has 1 amide bonds. The Morgan fingerprint density at radius 1 is 1.23 bits per heavy atom. The van der Waals surface area contributed by atoms with Gasteiger partial charge in [0.15, 0.2) is 5.16 Å². The molecule has 136 valence electrons.